The minimum absolute atomic E-state index is 0.0758. The first-order chi connectivity index (χ1) is 14.1. The highest BCUT2D eigenvalue weighted by molar-refractivity contribution is 7.99. The number of ether oxygens (including phenoxy) is 1. The summed E-state index contributed by atoms with van der Waals surface area (Å²) in [6.07, 6.45) is 1.37. The minimum Gasteiger partial charge on any atom is -0.444 e. The van der Waals surface area contributed by atoms with E-state index < -0.39 is 12.1 Å². The molecule has 1 saturated heterocycles. The lowest BCUT2D eigenvalue weighted by Gasteiger charge is -2.23. The number of likely N-dealkylation sites (tertiary alicyclic amines) is 1. The highest BCUT2D eigenvalue weighted by atomic mass is 32.2. The van der Waals surface area contributed by atoms with Crippen molar-refractivity contribution in [2.45, 2.75) is 30.3 Å². The lowest BCUT2D eigenvalue weighted by Crippen LogP contribution is -2.34. The fourth-order valence-electron chi connectivity index (χ4n) is 3.51. The zero-order valence-corrected chi connectivity index (χ0v) is 16.7. The summed E-state index contributed by atoms with van der Waals surface area (Å²) in [5, 5.41) is 2.83. The van der Waals surface area contributed by atoms with Crippen LogP contribution in [0.3, 0.4) is 0 Å². The number of amides is 2. The third-order valence-corrected chi connectivity index (χ3v) is 6.12. The molecule has 1 fully saturated rings. The number of carbonyl (C=O) groups excluding carboxylic acids is 3. The van der Waals surface area contributed by atoms with Gasteiger partial charge in [0.25, 0.3) is 5.91 Å². The van der Waals surface area contributed by atoms with Crippen molar-refractivity contribution in [3.63, 3.8) is 0 Å². The van der Waals surface area contributed by atoms with E-state index in [-0.39, 0.29) is 11.8 Å². The van der Waals surface area contributed by atoms with Crippen LogP contribution < -0.4 is 5.32 Å². The molecular weight excluding hydrogens is 388 g/mol. The first-order valence-electron chi connectivity index (χ1n) is 9.73. The summed E-state index contributed by atoms with van der Waals surface area (Å²) in [7, 11) is 0. The molecule has 2 amide bonds. The molecule has 29 heavy (non-hydrogen) atoms. The third kappa shape index (κ3) is 4.45. The monoisotopic (exact) mass is 410 g/mol. The van der Waals surface area contributed by atoms with Crippen LogP contribution in [0.15, 0.2) is 53.4 Å². The molecule has 7 heteroatoms. The van der Waals surface area contributed by atoms with Gasteiger partial charge in [-0.15, -0.1) is 11.8 Å². The summed E-state index contributed by atoms with van der Waals surface area (Å²) in [6, 6.07) is 14.2. The van der Waals surface area contributed by atoms with E-state index in [4.69, 9.17) is 4.74 Å². The van der Waals surface area contributed by atoms with Crippen LogP contribution in [0.5, 0.6) is 0 Å². The van der Waals surface area contributed by atoms with E-state index in [0.717, 1.165) is 17.7 Å². The Bertz CT molecular complexity index is 926. The number of nitrogens with one attached hydrogen (secondary N) is 1. The van der Waals surface area contributed by atoms with Gasteiger partial charge in [-0.25, -0.2) is 4.79 Å². The predicted molar refractivity (Wildman–Crippen MR) is 111 cm³/mol. The number of hydrogen-bond donors (Lipinski definition) is 1. The minimum atomic E-state index is -0.982. The van der Waals surface area contributed by atoms with E-state index in [2.05, 4.69) is 5.32 Å². The first-order valence-corrected chi connectivity index (χ1v) is 10.7. The van der Waals surface area contributed by atoms with Crippen LogP contribution in [0.1, 0.15) is 41.3 Å². The first kappa shape index (κ1) is 19.5. The normalized spacial score (nSPS) is 17.1. The molecule has 6 nitrogen and oxygen atoms in total. The number of thioether (sulfide) groups is 1. The summed E-state index contributed by atoms with van der Waals surface area (Å²) in [6.45, 7) is 1.36. The van der Waals surface area contributed by atoms with Crippen molar-refractivity contribution in [3.8, 4) is 0 Å². The Balaban J connectivity index is 1.58. The second-order valence-electron chi connectivity index (χ2n) is 7.09. The van der Waals surface area contributed by atoms with Gasteiger partial charge < -0.3 is 15.0 Å². The molecule has 0 bridgehead atoms. The van der Waals surface area contributed by atoms with E-state index in [9.17, 15) is 14.4 Å². The van der Waals surface area contributed by atoms with Crippen molar-refractivity contribution in [1.29, 1.82) is 0 Å². The maximum absolute atomic E-state index is 13.0. The molecule has 0 spiro atoms. The van der Waals surface area contributed by atoms with Crippen LogP contribution in [0.2, 0.25) is 0 Å². The van der Waals surface area contributed by atoms with Crippen LogP contribution >= 0.6 is 11.8 Å². The van der Waals surface area contributed by atoms with Crippen molar-refractivity contribution in [3.05, 3.63) is 59.7 Å². The molecule has 2 aromatic rings. The Morgan fingerprint density at radius 1 is 1.07 bits per heavy atom. The third-order valence-electron chi connectivity index (χ3n) is 5.05. The largest absolute Gasteiger partial charge is 0.444 e. The van der Waals surface area contributed by atoms with Gasteiger partial charge in [-0.1, -0.05) is 30.3 Å². The molecule has 0 aliphatic carbocycles. The van der Waals surface area contributed by atoms with Gasteiger partial charge in [0.2, 0.25) is 12.0 Å². The molecule has 1 N–H and O–H groups in total. The fourth-order valence-corrected chi connectivity index (χ4v) is 4.45. The van der Waals surface area contributed by atoms with E-state index >= 15 is 0 Å². The number of esters is 1. The summed E-state index contributed by atoms with van der Waals surface area (Å²) < 4.78 is 5.70. The maximum atomic E-state index is 13.0. The average molecular weight is 410 g/mol. The molecular formula is C22H22N2O4S. The van der Waals surface area contributed by atoms with Gasteiger partial charge in [0.05, 0.1) is 11.3 Å². The topological polar surface area (TPSA) is 75.7 Å². The standard InChI is InChI=1S/C22H22N2O4S/c25-19-10-13-29-18-9-8-16(14-17(18)23-19)22(27)28-20(15-6-2-1-3-7-15)21(26)24-11-4-5-12-24/h1-3,6-9,14,20H,4-5,10-13H2,(H,23,25)/t20-/m1/s1. The fraction of sp³-hybridized carbons (Fsp3) is 0.318. The number of carbonyl (C=O) groups is 3. The zero-order valence-electron chi connectivity index (χ0n) is 15.9. The molecule has 0 unspecified atom stereocenters. The lowest BCUT2D eigenvalue weighted by molar-refractivity contribution is -0.140. The van der Waals surface area contributed by atoms with Crippen molar-refractivity contribution in [1.82, 2.24) is 4.90 Å². The molecule has 4 rings (SSSR count). The quantitative estimate of drug-likeness (QED) is 0.779. The molecule has 0 aromatic heterocycles. The van der Waals surface area contributed by atoms with Gasteiger partial charge in [0, 0.05) is 35.7 Å². The summed E-state index contributed by atoms with van der Waals surface area (Å²) >= 11 is 1.57. The number of benzene rings is 2. The van der Waals surface area contributed by atoms with Gasteiger partial charge in [-0.05, 0) is 31.0 Å². The second kappa shape index (κ2) is 8.69. The Morgan fingerprint density at radius 2 is 1.83 bits per heavy atom. The molecule has 2 aromatic carbocycles. The molecule has 2 aliphatic rings. The second-order valence-corrected chi connectivity index (χ2v) is 8.22. The Hall–Kier alpha value is -2.80. The van der Waals surface area contributed by atoms with E-state index in [0.29, 0.717) is 42.1 Å². The molecule has 0 radical (unpaired) electrons. The van der Waals surface area contributed by atoms with Gasteiger partial charge in [0.1, 0.15) is 0 Å². The Kier molecular flexibility index (Phi) is 5.85. The Morgan fingerprint density at radius 3 is 2.59 bits per heavy atom. The SMILES string of the molecule is O=C1CCSc2ccc(C(=O)O[C@@H](C(=O)N3CCCC3)c3ccccc3)cc2N1. The van der Waals surface area contributed by atoms with Gasteiger partial charge in [-0.3, -0.25) is 9.59 Å². The van der Waals surface area contributed by atoms with Crippen LogP contribution in [0.25, 0.3) is 0 Å². The zero-order chi connectivity index (χ0) is 20.2. The van der Waals surface area contributed by atoms with Gasteiger partial charge in [-0.2, -0.15) is 0 Å². The summed E-state index contributed by atoms with van der Waals surface area (Å²) in [5.74, 6) is -0.158. The smallest absolute Gasteiger partial charge is 0.339 e. The summed E-state index contributed by atoms with van der Waals surface area (Å²) in [5.41, 5.74) is 1.56. The number of nitrogens with zero attached hydrogens (tertiary/aromatic N) is 1. The molecule has 1 atom stereocenters. The van der Waals surface area contributed by atoms with Crippen LogP contribution in [0, 0.1) is 0 Å². The highest BCUT2D eigenvalue weighted by Gasteiger charge is 2.31. The van der Waals surface area contributed by atoms with Gasteiger partial charge in [0.15, 0.2) is 0 Å². The summed E-state index contributed by atoms with van der Waals surface area (Å²) in [4.78, 5) is 40.4. The van der Waals surface area contributed by atoms with Crippen molar-refractivity contribution in [2.75, 3.05) is 24.2 Å². The number of anilines is 1. The molecule has 0 saturated carbocycles. The van der Waals surface area contributed by atoms with Crippen molar-refractivity contribution in [2.24, 2.45) is 0 Å². The number of rotatable bonds is 4. The van der Waals surface area contributed by atoms with Crippen molar-refractivity contribution < 1.29 is 19.1 Å². The number of fused-ring (bicyclic) bond motifs is 1. The molecule has 2 aliphatic heterocycles. The molecule has 150 valence electrons. The highest BCUT2D eigenvalue weighted by Crippen LogP contribution is 2.32. The molecule has 2 heterocycles. The Labute approximate surface area is 173 Å². The van der Waals surface area contributed by atoms with Crippen LogP contribution in [0.4, 0.5) is 5.69 Å². The van der Waals surface area contributed by atoms with E-state index in [1.165, 1.54) is 0 Å². The van der Waals surface area contributed by atoms with Crippen molar-refractivity contribution >= 4 is 35.2 Å². The number of hydrogen-bond acceptors (Lipinski definition) is 5. The van der Waals surface area contributed by atoms with Gasteiger partial charge >= 0.3 is 5.97 Å². The average Bonchev–Trinajstić information content (AvgIpc) is 3.21. The maximum Gasteiger partial charge on any atom is 0.339 e. The predicted octanol–water partition coefficient (Wildman–Crippen LogP) is 3.64. The lowest BCUT2D eigenvalue weighted by atomic mass is 10.1. The van der Waals surface area contributed by atoms with Crippen LogP contribution in [-0.4, -0.2) is 41.5 Å². The van der Waals surface area contributed by atoms with Crippen LogP contribution in [-0.2, 0) is 14.3 Å². The van der Waals surface area contributed by atoms with E-state index in [1.807, 2.05) is 24.3 Å². The van der Waals surface area contributed by atoms with E-state index in [1.54, 1.807) is 40.9 Å².